The van der Waals surface area contributed by atoms with Crippen LogP contribution in [0.3, 0.4) is 0 Å². The molecule has 1 aliphatic rings. The smallest absolute Gasteiger partial charge is 0.191 e. The zero-order chi connectivity index (χ0) is 17.5. The molecule has 0 fully saturated rings. The number of nitrogens with zero attached hydrogens (tertiary/aromatic N) is 2. The van der Waals surface area contributed by atoms with Crippen molar-refractivity contribution in [2.24, 2.45) is 4.99 Å². The highest BCUT2D eigenvalue weighted by Crippen LogP contribution is 2.30. The van der Waals surface area contributed by atoms with E-state index < -0.39 is 0 Å². The number of hydrogen-bond donors (Lipinski definition) is 2. The van der Waals surface area contributed by atoms with Gasteiger partial charge < -0.3 is 20.1 Å². The average molecular weight is 340 g/mol. The van der Waals surface area contributed by atoms with Crippen molar-refractivity contribution in [2.45, 2.75) is 19.4 Å². The van der Waals surface area contributed by atoms with Crippen molar-refractivity contribution in [1.29, 1.82) is 0 Å². The van der Waals surface area contributed by atoms with Gasteiger partial charge in [0.2, 0.25) is 0 Å². The number of benzene rings is 1. The van der Waals surface area contributed by atoms with Gasteiger partial charge in [0.15, 0.2) is 17.5 Å². The molecule has 6 heteroatoms. The molecule has 132 valence electrons. The number of aliphatic imine (C=N–C) groups is 1. The van der Waals surface area contributed by atoms with E-state index in [1.54, 1.807) is 7.05 Å². The molecule has 1 aromatic heterocycles. The van der Waals surface area contributed by atoms with Gasteiger partial charge in [-0.2, -0.15) is 0 Å². The van der Waals surface area contributed by atoms with Gasteiger partial charge in [-0.05, 0) is 42.7 Å². The minimum atomic E-state index is -0.0455. The molecule has 1 aromatic carbocycles. The Labute approximate surface area is 148 Å². The number of nitrogens with one attached hydrogen (secondary N) is 2. The summed E-state index contributed by atoms with van der Waals surface area (Å²) in [6, 6.07) is 9.78. The van der Waals surface area contributed by atoms with Gasteiger partial charge >= 0.3 is 0 Å². The van der Waals surface area contributed by atoms with Crippen LogP contribution in [-0.2, 0) is 6.42 Å². The molecule has 2 N–H and O–H groups in total. The SMILES string of the molecule is CN=C(NCCc1ccncc1C)NCC1COc2ccccc2O1. The number of fused-ring (bicyclic) bond motifs is 1. The quantitative estimate of drug-likeness (QED) is 0.643. The summed E-state index contributed by atoms with van der Waals surface area (Å²) < 4.78 is 11.7. The lowest BCUT2D eigenvalue weighted by molar-refractivity contribution is 0.0936. The molecule has 0 saturated carbocycles. The van der Waals surface area contributed by atoms with Gasteiger partial charge in [-0.25, -0.2) is 0 Å². The van der Waals surface area contributed by atoms with Crippen molar-refractivity contribution < 1.29 is 9.47 Å². The second-order valence-electron chi connectivity index (χ2n) is 5.93. The summed E-state index contributed by atoms with van der Waals surface area (Å²) >= 11 is 0. The Bertz CT molecular complexity index is 733. The topological polar surface area (TPSA) is 67.8 Å². The maximum atomic E-state index is 5.94. The lowest BCUT2D eigenvalue weighted by atomic mass is 10.1. The standard InChI is InChI=1S/C19H24N4O2/c1-14-11-21-9-7-15(14)8-10-22-19(20-2)23-12-16-13-24-17-5-3-4-6-18(17)25-16/h3-7,9,11,16H,8,10,12-13H2,1-2H3,(H2,20,22,23). The number of pyridine rings is 1. The molecule has 0 aliphatic carbocycles. The molecule has 1 unspecified atom stereocenters. The predicted molar refractivity (Wildman–Crippen MR) is 98.4 cm³/mol. The lowest BCUT2D eigenvalue weighted by Gasteiger charge is -2.27. The highest BCUT2D eigenvalue weighted by Gasteiger charge is 2.20. The van der Waals surface area contributed by atoms with Crippen LogP contribution in [0.5, 0.6) is 11.5 Å². The van der Waals surface area contributed by atoms with Crippen molar-refractivity contribution in [2.75, 3.05) is 26.7 Å². The number of aromatic nitrogens is 1. The molecule has 3 rings (SSSR count). The summed E-state index contributed by atoms with van der Waals surface area (Å²) in [6.07, 6.45) is 4.59. The second kappa shape index (κ2) is 8.37. The Morgan fingerprint density at radius 3 is 2.88 bits per heavy atom. The fraction of sp³-hybridized carbons (Fsp3) is 0.368. The monoisotopic (exact) mass is 340 g/mol. The van der Waals surface area contributed by atoms with E-state index in [-0.39, 0.29) is 6.10 Å². The van der Waals surface area contributed by atoms with E-state index in [1.165, 1.54) is 11.1 Å². The van der Waals surface area contributed by atoms with Gasteiger partial charge in [-0.3, -0.25) is 9.98 Å². The van der Waals surface area contributed by atoms with Gasteiger partial charge in [0.25, 0.3) is 0 Å². The Hall–Kier alpha value is -2.76. The number of hydrogen-bond acceptors (Lipinski definition) is 4. The summed E-state index contributed by atoms with van der Waals surface area (Å²) in [5.41, 5.74) is 2.50. The van der Waals surface area contributed by atoms with Crippen molar-refractivity contribution in [3.05, 3.63) is 53.9 Å². The molecular formula is C19H24N4O2. The fourth-order valence-electron chi connectivity index (χ4n) is 2.69. The number of ether oxygens (including phenoxy) is 2. The minimum Gasteiger partial charge on any atom is -0.486 e. The summed E-state index contributed by atoms with van der Waals surface area (Å²) in [6.45, 7) is 4.03. The van der Waals surface area contributed by atoms with E-state index in [0.29, 0.717) is 13.2 Å². The van der Waals surface area contributed by atoms with Gasteiger partial charge in [0.1, 0.15) is 12.7 Å². The van der Waals surface area contributed by atoms with Crippen LogP contribution in [0.15, 0.2) is 47.7 Å². The molecule has 0 spiro atoms. The minimum absolute atomic E-state index is 0.0455. The molecule has 0 bridgehead atoms. The second-order valence-corrected chi connectivity index (χ2v) is 5.93. The lowest BCUT2D eigenvalue weighted by Crippen LogP contribution is -2.45. The first-order valence-corrected chi connectivity index (χ1v) is 8.49. The maximum Gasteiger partial charge on any atom is 0.191 e. The van der Waals surface area contributed by atoms with E-state index in [2.05, 4.69) is 33.6 Å². The molecule has 2 aromatic rings. The number of aryl methyl sites for hydroxylation is 1. The first-order chi connectivity index (χ1) is 12.3. The average Bonchev–Trinajstić information content (AvgIpc) is 2.65. The van der Waals surface area contributed by atoms with E-state index in [4.69, 9.17) is 9.47 Å². The third-order valence-corrected chi connectivity index (χ3v) is 4.11. The summed E-state index contributed by atoms with van der Waals surface area (Å²) in [7, 11) is 1.76. The van der Waals surface area contributed by atoms with Crippen molar-refractivity contribution in [3.63, 3.8) is 0 Å². The van der Waals surface area contributed by atoms with Crippen LogP contribution >= 0.6 is 0 Å². The summed E-state index contributed by atoms with van der Waals surface area (Å²) in [5.74, 6) is 2.35. The molecule has 0 saturated heterocycles. The van der Waals surface area contributed by atoms with Crippen LogP contribution in [0.1, 0.15) is 11.1 Å². The fourth-order valence-corrected chi connectivity index (χ4v) is 2.69. The van der Waals surface area contributed by atoms with E-state index in [0.717, 1.165) is 30.4 Å². The first kappa shape index (κ1) is 17.1. The van der Waals surface area contributed by atoms with Gasteiger partial charge in [-0.15, -0.1) is 0 Å². The number of guanidine groups is 1. The predicted octanol–water partition coefficient (Wildman–Crippen LogP) is 1.94. The molecule has 2 heterocycles. The zero-order valence-corrected chi connectivity index (χ0v) is 14.7. The molecule has 1 aliphatic heterocycles. The highest BCUT2D eigenvalue weighted by molar-refractivity contribution is 5.79. The largest absolute Gasteiger partial charge is 0.486 e. The third-order valence-electron chi connectivity index (χ3n) is 4.11. The Morgan fingerprint density at radius 1 is 1.24 bits per heavy atom. The van der Waals surface area contributed by atoms with Gasteiger partial charge in [0, 0.05) is 26.0 Å². The Morgan fingerprint density at radius 2 is 2.08 bits per heavy atom. The third kappa shape index (κ3) is 4.62. The van der Waals surface area contributed by atoms with Crippen molar-refractivity contribution in [1.82, 2.24) is 15.6 Å². The van der Waals surface area contributed by atoms with E-state index in [1.807, 2.05) is 36.7 Å². The van der Waals surface area contributed by atoms with Crippen LogP contribution in [-0.4, -0.2) is 43.8 Å². The highest BCUT2D eigenvalue weighted by atomic mass is 16.6. The van der Waals surface area contributed by atoms with Gasteiger partial charge in [0.05, 0.1) is 6.54 Å². The van der Waals surface area contributed by atoms with Crippen LogP contribution in [0, 0.1) is 6.92 Å². The van der Waals surface area contributed by atoms with Crippen LogP contribution in [0.25, 0.3) is 0 Å². The van der Waals surface area contributed by atoms with Crippen molar-refractivity contribution >= 4 is 5.96 Å². The van der Waals surface area contributed by atoms with Crippen LogP contribution in [0.4, 0.5) is 0 Å². The molecule has 1 atom stereocenters. The van der Waals surface area contributed by atoms with Crippen LogP contribution < -0.4 is 20.1 Å². The first-order valence-electron chi connectivity index (χ1n) is 8.49. The maximum absolute atomic E-state index is 5.94. The molecule has 0 amide bonds. The number of rotatable bonds is 5. The normalized spacial score (nSPS) is 16.4. The van der Waals surface area contributed by atoms with Crippen LogP contribution in [0.2, 0.25) is 0 Å². The van der Waals surface area contributed by atoms with Crippen molar-refractivity contribution in [3.8, 4) is 11.5 Å². The molecule has 25 heavy (non-hydrogen) atoms. The number of para-hydroxylation sites is 2. The molecule has 0 radical (unpaired) electrons. The summed E-state index contributed by atoms with van der Waals surface area (Å²) in [4.78, 5) is 8.38. The zero-order valence-electron chi connectivity index (χ0n) is 14.7. The summed E-state index contributed by atoms with van der Waals surface area (Å²) in [5, 5.41) is 6.62. The van der Waals surface area contributed by atoms with Gasteiger partial charge in [-0.1, -0.05) is 12.1 Å². The Balaban J connectivity index is 1.43. The Kier molecular flexibility index (Phi) is 5.72. The molecule has 6 nitrogen and oxygen atoms in total. The van der Waals surface area contributed by atoms with E-state index in [9.17, 15) is 0 Å². The molecular weight excluding hydrogens is 316 g/mol. The van der Waals surface area contributed by atoms with E-state index >= 15 is 0 Å².